The molecular weight excluding hydrogens is 346 g/mol. The molecule has 0 saturated carbocycles. The summed E-state index contributed by atoms with van der Waals surface area (Å²) in [5, 5.41) is 30.7. The van der Waals surface area contributed by atoms with Gasteiger partial charge in [0.15, 0.2) is 6.17 Å². The molecule has 1 aliphatic rings. The third kappa shape index (κ3) is 4.61. The molecule has 1 saturated heterocycles. The van der Waals surface area contributed by atoms with Crippen molar-refractivity contribution < 1.29 is 43.2 Å². The fourth-order valence-corrected chi connectivity index (χ4v) is 2.46. The van der Waals surface area contributed by atoms with Gasteiger partial charge in [-0.2, -0.15) is 4.39 Å². The van der Waals surface area contributed by atoms with E-state index in [2.05, 4.69) is 10.1 Å². The SMILES string of the molecule is CC(=O)N[C@@H]1[C@@H](N)[C@@H](F)[C@](F)(C(=O)OC(C)C)O[C@H]1[C@H](O)[C@H](O)CO. The molecule has 0 aliphatic carbocycles. The van der Waals surface area contributed by atoms with Gasteiger partial charge in [-0.05, 0) is 13.8 Å². The van der Waals surface area contributed by atoms with E-state index < -0.39 is 67.0 Å². The highest BCUT2D eigenvalue weighted by Gasteiger charge is 2.62. The van der Waals surface area contributed by atoms with E-state index in [0.717, 1.165) is 6.92 Å². The highest BCUT2D eigenvalue weighted by Crippen LogP contribution is 2.36. The highest BCUT2D eigenvalue weighted by atomic mass is 19.2. The summed E-state index contributed by atoms with van der Waals surface area (Å²) in [6.45, 7) is 2.94. The molecule has 0 radical (unpaired) electrons. The zero-order chi connectivity index (χ0) is 19.5. The van der Waals surface area contributed by atoms with Gasteiger partial charge in [-0.15, -0.1) is 0 Å². The summed E-state index contributed by atoms with van der Waals surface area (Å²) < 4.78 is 38.8. The second-order valence-electron chi connectivity index (χ2n) is 6.13. The van der Waals surface area contributed by atoms with Gasteiger partial charge in [-0.3, -0.25) is 4.79 Å². The van der Waals surface area contributed by atoms with Crippen molar-refractivity contribution in [3.05, 3.63) is 0 Å². The Balaban J connectivity index is 3.22. The van der Waals surface area contributed by atoms with Crippen LogP contribution in [0.5, 0.6) is 0 Å². The highest BCUT2D eigenvalue weighted by molar-refractivity contribution is 5.79. The third-order valence-electron chi connectivity index (χ3n) is 3.68. The number of hydrogen-bond acceptors (Lipinski definition) is 8. The predicted molar refractivity (Wildman–Crippen MR) is 79.5 cm³/mol. The molecule has 1 amide bonds. The van der Waals surface area contributed by atoms with E-state index in [1.807, 2.05) is 0 Å². The lowest BCUT2D eigenvalue weighted by Crippen LogP contribution is -2.73. The summed E-state index contributed by atoms with van der Waals surface area (Å²) in [5.41, 5.74) is 5.61. The van der Waals surface area contributed by atoms with Gasteiger partial charge in [0.1, 0.15) is 18.3 Å². The van der Waals surface area contributed by atoms with E-state index in [9.17, 15) is 28.6 Å². The summed E-state index contributed by atoms with van der Waals surface area (Å²) in [5.74, 6) is -6.04. The molecule has 1 fully saturated rings. The largest absolute Gasteiger partial charge is 0.459 e. The predicted octanol–water partition coefficient (Wildman–Crippen LogP) is -2.11. The molecule has 0 spiro atoms. The van der Waals surface area contributed by atoms with Gasteiger partial charge in [0.2, 0.25) is 5.91 Å². The lowest BCUT2D eigenvalue weighted by molar-refractivity contribution is -0.280. The maximum Gasteiger partial charge on any atom is 0.375 e. The molecule has 11 heteroatoms. The standard InChI is InChI=1S/C14H24F2N2O7/c1-5(2)24-13(23)14(16)12(15)8(17)9(18-6(3)20)11(25-14)10(22)7(21)4-19/h5,7-12,19,21-22H,4,17H2,1-3H3,(H,18,20)/t7-,8-,9-,10-,11-,12-,14-/m1/s1. The van der Waals surface area contributed by atoms with Crippen LogP contribution in [-0.2, 0) is 19.1 Å². The van der Waals surface area contributed by atoms with Crippen molar-refractivity contribution >= 4 is 11.9 Å². The van der Waals surface area contributed by atoms with Crippen LogP contribution >= 0.6 is 0 Å². The molecule has 1 rings (SSSR count). The van der Waals surface area contributed by atoms with E-state index in [4.69, 9.17) is 15.6 Å². The summed E-state index contributed by atoms with van der Waals surface area (Å²) in [4.78, 5) is 23.2. The molecule has 7 atom stereocenters. The number of nitrogens with two attached hydrogens (primary N) is 1. The molecule has 25 heavy (non-hydrogen) atoms. The van der Waals surface area contributed by atoms with Crippen molar-refractivity contribution in [1.82, 2.24) is 5.32 Å². The van der Waals surface area contributed by atoms with Crippen LogP contribution < -0.4 is 11.1 Å². The fourth-order valence-electron chi connectivity index (χ4n) is 2.46. The number of ether oxygens (including phenoxy) is 2. The van der Waals surface area contributed by atoms with Crippen LogP contribution in [0.1, 0.15) is 20.8 Å². The molecular formula is C14H24F2N2O7. The lowest BCUT2D eigenvalue weighted by Gasteiger charge is -2.46. The van der Waals surface area contributed by atoms with Gasteiger partial charge in [-0.1, -0.05) is 0 Å². The van der Waals surface area contributed by atoms with E-state index >= 15 is 0 Å². The number of aliphatic hydroxyl groups is 3. The van der Waals surface area contributed by atoms with E-state index in [-0.39, 0.29) is 0 Å². The number of halogens is 2. The van der Waals surface area contributed by atoms with Crippen LogP contribution in [0.2, 0.25) is 0 Å². The number of aliphatic hydroxyl groups excluding tert-OH is 3. The number of nitrogens with one attached hydrogen (secondary N) is 1. The Morgan fingerprint density at radius 1 is 1.40 bits per heavy atom. The van der Waals surface area contributed by atoms with E-state index in [1.54, 1.807) is 0 Å². The molecule has 1 heterocycles. The number of amides is 1. The fraction of sp³-hybridized carbons (Fsp3) is 0.857. The second-order valence-corrected chi connectivity index (χ2v) is 6.13. The normalized spacial score (nSPS) is 35.1. The van der Waals surface area contributed by atoms with Crippen LogP contribution in [-0.4, -0.2) is 82.3 Å². The molecule has 0 unspecified atom stereocenters. The maximum absolute atomic E-state index is 14.9. The minimum Gasteiger partial charge on any atom is -0.459 e. The zero-order valence-electron chi connectivity index (χ0n) is 14.1. The molecule has 1 aliphatic heterocycles. The molecule has 0 aromatic carbocycles. The number of carbonyl (C=O) groups excluding carboxylic acids is 2. The summed E-state index contributed by atoms with van der Waals surface area (Å²) >= 11 is 0. The maximum atomic E-state index is 14.9. The van der Waals surface area contributed by atoms with Crippen molar-refractivity contribution in [2.24, 2.45) is 5.73 Å². The Hall–Kier alpha value is -1.40. The zero-order valence-corrected chi connectivity index (χ0v) is 14.1. The van der Waals surface area contributed by atoms with Crippen molar-refractivity contribution in [3.8, 4) is 0 Å². The Bertz CT molecular complexity index is 496. The van der Waals surface area contributed by atoms with Gasteiger partial charge in [0.05, 0.1) is 24.8 Å². The van der Waals surface area contributed by atoms with Crippen molar-refractivity contribution in [2.75, 3.05) is 6.61 Å². The molecule has 0 bridgehead atoms. The third-order valence-corrected chi connectivity index (χ3v) is 3.68. The number of esters is 1. The molecule has 146 valence electrons. The second kappa shape index (κ2) is 8.32. The van der Waals surface area contributed by atoms with Crippen molar-refractivity contribution in [1.29, 1.82) is 0 Å². The number of hydrogen-bond donors (Lipinski definition) is 5. The average molecular weight is 370 g/mol. The Kier molecular flexibility index (Phi) is 7.20. The van der Waals surface area contributed by atoms with Crippen LogP contribution in [0.4, 0.5) is 8.78 Å². The quantitative estimate of drug-likeness (QED) is 0.333. The Morgan fingerprint density at radius 3 is 2.40 bits per heavy atom. The molecule has 9 nitrogen and oxygen atoms in total. The lowest BCUT2D eigenvalue weighted by atomic mass is 9.86. The summed E-state index contributed by atoms with van der Waals surface area (Å²) in [7, 11) is 0. The van der Waals surface area contributed by atoms with Crippen molar-refractivity contribution in [2.45, 2.75) is 69.3 Å². The number of carbonyl (C=O) groups is 2. The van der Waals surface area contributed by atoms with Crippen molar-refractivity contribution in [3.63, 3.8) is 0 Å². The molecule has 0 aromatic rings. The van der Waals surface area contributed by atoms with Crippen LogP contribution in [0.25, 0.3) is 0 Å². The first-order valence-corrected chi connectivity index (χ1v) is 7.67. The van der Waals surface area contributed by atoms with Gasteiger partial charge in [0, 0.05) is 6.92 Å². The first-order valence-electron chi connectivity index (χ1n) is 7.67. The van der Waals surface area contributed by atoms with Crippen LogP contribution in [0, 0.1) is 0 Å². The molecule has 6 N–H and O–H groups in total. The number of rotatable bonds is 6. The summed E-state index contributed by atoms with van der Waals surface area (Å²) in [6.07, 6.45) is -9.10. The molecule has 0 aromatic heterocycles. The number of alkyl halides is 2. The van der Waals surface area contributed by atoms with Gasteiger partial charge in [-0.25, -0.2) is 9.18 Å². The van der Waals surface area contributed by atoms with E-state index in [1.165, 1.54) is 13.8 Å². The minimum absolute atomic E-state index is 0.692. The Morgan fingerprint density at radius 2 is 1.96 bits per heavy atom. The topological polar surface area (TPSA) is 151 Å². The monoisotopic (exact) mass is 370 g/mol. The first kappa shape index (κ1) is 21.6. The average Bonchev–Trinajstić information content (AvgIpc) is 2.52. The summed E-state index contributed by atoms with van der Waals surface area (Å²) in [6, 6.07) is -3.27. The van der Waals surface area contributed by atoms with Crippen LogP contribution in [0.15, 0.2) is 0 Å². The Labute approximate surface area is 143 Å². The first-order chi connectivity index (χ1) is 11.5. The van der Waals surface area contributed by atoms with E-state index in [0.29, 0.717) is 0 Å². The van der Waals surface area contributed by atoms with Crippen LogP contribution in [0.3, 0.4) is 0 Å². The van der Waals surface area contributed by atoms with Gasteiger partial charge >= 0.3 is 11.8 Å². The van der Waals surface area contributed by atoms with Gasteiger partial charge in [0.25, 0.3) is 0 Å². The van der Waals surface area contributed by atoms with Gasteiger partial charge < -0.3 is 35.8 Å². The smallest absolute Gasteiger partial charge is 0.375 e. The minimum atomic E-state index is -3.65.